The van der Waals surface area contributed by atoms with Crippen molar-refractivity contribution in [1.29, 1.82) is 0 Å². The Labute approximate surface area is 125 Å². The van der Waals surface area contributed by atoms with Crippen molar-refractivity contribution in [2.45, 2.75) is 13.5 Å². The minimum absolute atomic E-state index is 0.277. The number of nitrogens with zero attached hydrogens (tertiary/aromatic N) is 2. The minimum atomic E-state index is -0.302. The highest BCUT2D eigenvalue weighted by Gasteiger charge is 2.11. The number of halogens is 1. The van der Waals surface area contributed by atoms with E-state index in [9.17, 15) is 4.79 Å². The van der Waals surface area contributed by atoms with Crippen molar-refractivity contribution >= 4 is 28.3 Å². The van der Waals surface area contributed by atoms with E-state index < -0.39 is 0 Å². The number of amides is 1. The van der Waals surface area contributed by atoms with Gasteiger partial charge in [0.2, 0.25) is 0 Å². The van der Waals surface area contributed by atoms with Crippen LogP contribution in [-0.4, -0.2) is 16.0 Å². The first-order chi connectivity index (χ1) is 10.1. The van der Waals surface area contributed by atoms with Crippen LogP contribution < -0.4 is 5.32 Å². The molecule has 3 rings (SSSR count). The van der Waals surface area contributed by atoms with Crippen molar-refractivity contribution in [2.24, 2.45) is 0 Å². The van der Waals surface area contributed by atoms with E-state index in [1.165, 1.54) is 0 Å². The fourth-order valence-corrected chi connectivity index (χ4v) is 2.30. The van der Waals surface area contributed by atoms with E-state index in [1.54, 1.807) is 19.1 Å². The number of carbonyl (C=O) groups excluding carboxylic acids is 1. The number of fused-ring (bicyclic) bond motifs is 1. The maximum Gasteiger partial charge on any atom is 0.270 e. The van der Waals surface area contributed by atoms with Crippen molar-refractivity contribution in [3.63, 3.8) is 0 Å². The van der Waals surface area contributed by atoms with Gasteiger partial charge < -0.3 is 9.84 Å². The number of hydrogen-bond acceptors (Lipinski definition) is 4. The zero-order valence-electron chi connectivity index (χ0n) is 11.3. The van der Waals surface area contributed by atoms with Gasteiger partial charge in [-0.3, -0.25) is 4.79 Å². The van der Waals surface area contributed by atoms with Crippen molar-refractivity contribution in [3.05, 3.63) is 58.7 Å². The molecule has 0 saturated heterocycles. The molecule has 21 heavy (non-hydrogen) atoms. The first-order valence-electron chi connectivity index (χ1n) is 6.39. The monoisotopic (exact) mass is 301 g/mol. The fraction of sp³-hybridized carbons (Fsp3) is 0.133. The lowest BCUT2D eigenvalue weighted by Gasteiger charge is -2.05. The third-order valence-corrected chi connectivity index (χ3v) is 3.32. The summed E-state index contributed by atoms with van der Waals surface area (Å²) >= 11 is 6.11. The summed E-state index contributed by atoms with van der Waals surface area (Å²) in [7, 11) is 0. The summed E-state index contributed by atoms with van der Waals surface area (Å²) in [6.45, 7) is 2.07. The van der Waals surface area contributed by atoms with Gasteiger partial charge in [-0.15, -0.1) is 0 Å². The summed E-state index contributed by atoms with van der Waals surface area (Å²) < 4.78 is 4.94. The predicted molar refractivity (Wildman–Crippen MR) is 79.2 cm³/mol. The van der Waals surface area contributed by atoms with E-state index in [-0.39, 0.29) is 18.1 Å². The number of pyridine rings is 1. The molecule has 0 fully saturated rings. The number of benzene rings is 1. The number of aromatic nitrogens is 2. The SMILES string of the molecule is Cc1cc(CNC(=O)c2cc3ccccc3c(Cl)n2)no1. The topological polar surface area (TPSA) is 68.0 Å². The normalized spacial score (nSPS) is 10.8. The van der Waals surface area contributed by atoms with Crippen LogP contribution in [0.1, 0.15) is 21.9 Å². The van der Waals surface area contributed by atoms with E-state index >= 15 is 0 Å². The molecular formula is C15H12ClN3O2. The Morgan fingerprint density at radius 2 is 2.14 bits per heavy atom. The minimum Gasteiger partial charge on any atom is -0.361 e. The number of nitrogens with one attached hydrogen (secondary N) is 1. The van der Waals surface area contributed by atoms with Gasteiger partial charge >= 0.3 is 0 Å². The van der Waals surface area contributed by atoms with E-state index in [0.29, 0.717) is 16.6 Å². The standard InChI is InChI=1S/C15H12ClN3O2/c1-9-6-11(19-21-9)8-17-15(20)13-7-10-4-2-3-5-12(10)14(16)18-13/h2-7H,8H2,1H3,(H,17,20). The molecule has 0 aliphatic carbocycles. The molecule has 0 bridgehead atoms. The first-order valence-corrected chi connectivity index (χ1v) is 6.77. The third kappa shape index (κ3) is 2.87. The van der Waals surface area contributed by atoms with Gasteiger partial charge in [-0.25, -0.2) is 4.98 Å². The molecule has 3 aromatic rings. The van der Waals surface area contributed by atoms with Gasteiger partial charge in [-0.05, 0) is 18.4 Å². The van der Waals surface area contributed by atoms with Gasteiger partial charge in [-0.2, -0.15) is 0 Å². The number of hydrogen-bond donors (Lipinski definition) is 1. The Kier molecular flexibility index (Phi) is 3.58. The van der Waals surface area contributed by atoms with Crippen molar-refractivity contribution in [1.82, 2.24) is 15.5 Å². The Morgan fingerprint density at radius 3 is 2.90 bits per heavy atom. The molecule has 0 radical (unpaired) electrons. The molecule has 1 amide bonds. The van der Waals surface area contributed by atoms with Gasteiger partial charge in [0.25, 0.3) is 5.91 Å². The van der Waals surface area contributed by atoms with Crippen LogP contribution in [0.4, 0.5) is 0 Å². The van der Waals surface area contributed by atoms with E-state index in [1.807, 2.05) is 24.3 Å². The Morgan fingerprint density at radius 1 is 1.33 bits per heavy atom. The maximum absolute atomic E-state index is 12.1. The van der Waals surface area contributed by atoms with Crippen LogP contribution in [0.3, 0.4) is 0 Å². The molecule has 2 heterocycles. The molecule has 0 spiro atoms. The van der Waals surface area contributed by atoms with Gasteiger partial charge in [0.1, 0.15) is 22.3 Å². The number of aryl methyl sites for hydroxylation is 1. The largest absolute Gasteiger partial charge is 0.361 e. The van der Waals surface area contributed by atoms with Crippen LogP contribution in [0, 0.1) is 6.92 Å². The van der Waals surface area contributed by atoms with Crippen molar-refractivity contribution in [3.8, 4) is 0 Å². The van der Waals surface area contributed by atoms with Crippen LogP contribution in [0.25, 0.3) is 10.8 Å². The Balaban J connectivity index is 1.81. The fourth-order valence-electron chi connectivity index (χ4n) is 2.04. The van der Waals surface area contributed by atoms with Crippen LogP contribution in [0.15, 0.2) is 40.9 Å². The molecule has 0 unspecified atom stereocenters. The molecule has 5 nitrogen and oxygen atoms in total. The smallest absolute Gasteiger partial charge is 0.270 e. The molecule has 0 aliphatic heterocycles. The second-order valence-electron chi connectivity index (χ2n) is 4.63. The second-order valence-corrected chi connectivity index (χ2v) is 4.99. The van der Waals surface area contributed by atoms with E-state index in [2.05, 4.69) is 15.5 Å². The zero-order valence-corrected chi connectivity index (χ0v) is 12.0. The lowest BCUT2D eigenvalue weighted by molar-refractivity contribution is 0.0945. The molecule has 106 valence electrons. The van der Waals surface area contributed by atoms with E-state index in [0.717, 1.165) is 10.8 Å². The van der Waals surface area contributed by atoms with Gasteiger partial charge in [0, 0.05) is 11.5 Å². The van der Waals surface area contributed by atoms with Crippen LogP contribution in [0.5, 0.6) is 0 Å². The number of carbonyl (C=O) groups is 1. The zero-order chi connectivity index (χ0) is 14.8. The van der Waals surface area contributed by atoms with Gasteiger partial charge in [0.05, 0.1) is 6.54 Å². The quantitative estimate of drug-likeness (QED) is 0.755. The molecule has 0 aliphatic rings. The van der Waals surface area contributed by atoms with Crippen LogP contribution in [-0.2, 0) is 6.54 Å². The highest BCUT2D eigenvalue weighted by Crippen LogP contribution is 2.22. The lowest BCUT2D eigenvalue weighted by Crippen LogP contribution is -2.24. The second kappa shape index (κ2) is 5.54. The summed E-state index contributed by atoms with van der Waals surface area (Å²) in [4.78, 5) is 16.3. The molecule has 2 aromatic heterocycles. The maximum atomic E-state index is 12.1. The van der Waals surface area contributed by atoms with Gasteiger partial charge in [0.15, 0.2) is 0 Å². The Hall–Kier alpha value is -2.40. The first kappa shape index (κ1) is 13.6. The molecule has 6 heteroatoms. The molecule has 1 aromatic carbocycles. The summed E-state index contributed by atoms with van der Waals surface area (Å²) in [5.74, 6) is 0.398. The average Bonchev–Trinajstić information content (AvgIpc) is 2.90. The van der Waals surface area contributed by atoms with Crippen molar-refractivity contribution < 1.29 is 9.32 Å². The predicted octanol–water partition coefficient (Wildman–Crippen LogP) is 3.11. The molecular weight excluding hydrogens is 290 g/mol. The van der Waals surface area contributed by atoms with Crippen LogP contribution >= 0.6 is 11.6 Å². The van der Waals surface area contributed by atoms with E-state index in [4.69, 9.17) is 16.1 Å². The summed E-state index contributed by atoms with van der Waals surface area (Å²) in [6, 6.07) is 11.0. The molecule has 0 atom stereocenters. The third-order valence-electron chi connectivity index (χ3n) is 3.03. The number of rotatable bonds is 3. The molecule has 1 N–H and O–H groups in total. The lowest BCUT2D eigenvalue weighted by atomic mass is 10.1. The summed E-state index contributed by atoms with van der Waals surface area (Å²) in [6.07, 6.45) is 0. The molecule has 0 saturated carbocycles. The summed E-state index contributed by atoms with van der Waals surface area (Å²) in [5, 5.41) is 8.56. The highest BCUT2D eigenvalue weighted by atomic mass is 35.5. The van der Waals surface area contributed by atoms with Crippen molar-refractivity contribution in [2.75, 3.05) is 0 Å². The Bertz CT molecular complexity index is 814. The average molecular weight is 302 g/mol. The summed E-state index contributed by atoms with van der Waals surface area (Å²) in [5.41, 5.74) is 0.937. The van der Waals surface area contributed by atoms with Crippen LogP contribution in [0.2, 0.25) is 5.15 Å². The highest BCUT2D eigenvalue weighted by molar-refractivity contribution is 6.34. The van der Waals surface area contributed by atoms with Gasteiger partial charge in [-0.1, -0.05) is 41.0 Å².